The van der Waals surface area contributed by atoms with Crippen LogP contribution in [0.2, 0.25) is 0 Å². The Morgan fingerprint density at radius 3 is 2.65 bits per heavy atom. The predicted octanol–water partition coefficient (Wildman–Crippen LogP) is 2.35. The Kier molecular flexibility index (Phi) is 5.49. The monoisotopic (exact) mass is 292 g/mol. The van der Waals surface area contributed by atoms with Crippen molar-refractivity contribution in [1.29, 1.82) is 0 Å². The molecule has 0 aromatic heterocycles. The maximum atomic E-state index is 12.0. The van der Waals surface area contributed by atoms with E-state index in [0.717, 1.165) is 13.0 Å². The molecule has 2 rings (SSSR count). The molecule has 0 saturated heterocycles. The largest absolute Gasteiger partial charge is 0.353 e. The number of carbonyl (C=O) groups excluding carboxylic acids is 1. The molecule has 1 fully saturated rings. The molecule has 110 valence electrons. The molecule has 1 aliphatic rings. The third-order valence-corrected chi connectivity index (χ3v) is 5.62. The number of aryl methyl sites for hydroxylation is 1. The summed E-state index contributed by atoms with van der Waals surface area (Å²) in [5, 5.41) is 3.03. The van der Waals surface area contributed by atoms with Crippen LogP contribution in [0.3, 0.4) is 0 Å². The maximum absolute atomic E-state index is 12.0. The number of thioether (sulfide) groups is 1. The summed E-state index contributed by atoms with van der Waals surface area (Å²) in [7, 11) is 0. The van der Waals surface area contributed by atoms with Gasteiger partial charge in [-0.05, 0) is 37.5 Å². The number of rotatable bonds is 7. The summed E-state index contributed by atoms with van der Waals surface area (Å²) < 4.78 is 0.273. The van der Waals surface area contributed by atoms with Crippen LogP contribution in [0.15, 0.2) is 30.3 Å². The second-order valence-corrected chi connectivity index (χ2v) is 6.86. The quantitative estimate of drug-likeness (QED) is 0.811. The minimum atomic E-state index is -0.408. The zero-order valence-corrected chi connectivity index (χ0v) is 12.9. The van der Waals surface area contributed by atoms with Gasteiger partial charge in [-0.3, -0.25) is 4.79 Å². The lowest BCUT2D eigenvalue weighted by Gasteiger charge is -2.40. The van der Waals surface area contributed by atoms with Crippen LogP contribution < -0.4 is 11.1 Å². The summed E-state index contributed by atoms with van der Waals surface area (Å²) in [5.74, 6) is -0.0127. The molecule has 20 heavy (non-hydrogen) atoms. The highest BCUT2D eigenvalue weighted by atomic mass is 32.2. The normalized spacial score (nSPS) is 18.1. The van der Waals surface area contributed by atoms with E-state index < -0.39 is 6.04 Å². The fourth-order valence-corrected chi connectivity index (χ4v) is 3.41. The van der Waals surface area contributed by atoms with Gasteiger partial charge in [-0.25, -0.2) is 0 Å². The van der Waals surface area contributed by atoms with Gasteiger partial charge in [-0.15, -0.1) is 0 Å². The topological polar surface area (TPSA) is 55.1 Å². The number of nitrogens with one attached hydrogen (secondary N) is 1. The fourth-order valence-electron chi connectivity index (χ4n) is 2.50. The van der Waals surface area contributed by atoms with Gasteiger partial charge >= 0.3 is 0 Å². The summed E-state index contributed by atoms with van der Waals surface area (Å²) in [6.45, 7) is 0.756. The molecule has 1 unspecified atom stereocenters. The zero-order valence-electron chi connectivity index (χ0n) is 12.1. The van der Waals surface area contributed by atoms with Crippen LogP contribution in [0.25, 0.3) is 0 Å². The van der Waals surface area contributed by atoms with Crippen molar-refractivity contribution in [3.8, 4) is 0 Å². The molecule has 4 heteroatoms. The van der Waals surface area contributed by atoms with E-state index in [4.69, 9.17) is 5.73 Å². The second-order valence-electron chi connectivity index (χ2n) is 5.59. The van der Waals surface area contributed by atoms with E-state index in [2.05, 4.69) is 23.7 Å². The molecule has 3 N–H and O–H groups in total. The highest BCUT2D eigenvalue weighted by molar-refractivity contribution is 8.00. The van der Waals surface area contributed by atoms with Crippen LogP contribution in [0, 0.1) is 0 Å². The lowest BCUT2D eigenvalue weighted by molar-refractivity contribution is -0.122. The molecule has 0 radical (unpaired) electrons. The van der Waals surface area contributed by atoms with Gasteiger partial charge in [0, 0.05) is 11.3 Å². The first-order valence-corrected chi connectivity index (χ1v) is 8.50. The molecule has 1 saturated carbocycles. The zero-order chi connectivity index (χ0) is 14.4. The van der Waals surface area contributed by atoms with Crippen molar-refractivity contribution in [2.45, 2.75) is 42.9 Å². The van der Waals surface area contributed by atoms with Crippen LogP contribution in [-0.4, -0.2) is 29.5 Å². The Balaban J connectivity index is 1.72. The average Bonchev–Trinajstić information content (AvgIpc) is 2.45. The van der Waals surface area contributed by atoms with Crippen molar-refractivity contribution in [3.63, 3.8) is 0 Å². The Labute approximate surface area is 125 Å². The van der Waals surface area contributed by atoms with Gasteiger partial charge in [0.05, 0.1) is 6.04 Å². The van der Waals surface area contributed by atoms with E-state index in [-0.39, 0.29) is 10.7 Å². The third kappa shape index (κ3) is 4.00. The average molecular weight is 292 g/mol. The Bertz CT molecular complexity index is 426. The third-order valence-electron chi connectivity index (χ3n) is 4.21. The highest BCUT2D eigenvalue weighted by Gasteiger charge is 2.36. The van der Waals surface area contributed by atoms with Gasteiger partial charge in [-0.1, -0.05) is 36.8 Å². The molecule has 0 aliphatic heterocycles. The minimum Gasteiger partial charge on any atom is -0.353 e. The number of amides is 1. The standard InChI is InChI=1S/C16H24N2OS/c1-20-16(10-5-11-16)12-18-15(19)14(17)9-8-13-6-3-2-4-7-13/h2-4,6-7,14H,5,8-12,17H2,1H3,(H,18,19). The van der Waals surface area contributed by atoms with E-state index in [9.17, 15) is 4.79 Å². The molecular formula is C16H24N2OS. The Morgan fingerprint density at radius 2 is 2.10 bits per heavy atom. The van der Waals surface area contributed by atoms with Gasteiger partial charge in [0.15, 0.2) is 0 Å². The summed E-state index contributed by atoms with van der Waals surface area (Å²) in [4.78, 5) is 12.0. The van der Waals surface area contributed by atoms with Gasteiger partial charge < -0.3 is 11.1 Å². The number of benzene rings is 1. The first-order chi connectivity index (χ1) is 9.65. The Hall–Kier alpha value is -1.00. The van der Waals surface area contributed by atoms with Crippen molar-refractivity contribution < 1.29 is 4.79 Å². The Morgan fingerprint density at radius 1 is 1.40 bits per heavy atom. The van der Waals surface area contributed by atoms with Crippen LogP contribution >= 0.6 is 11.8 Å². The number of hydrogen-bond acceptors (Lipinski definition) is 3. The molecule has 0 heterocycles. The molecule has 1 atom stereocenters. The SMILES string of the molecule is CSC1(CNC(=O)C(N)CCc2ccccc2)CCC1. The molecule has 0 bridgehead atoms. The van der Waals surface area contributed by atoms with Crippen molar-refractivity contribution >= 4 is 17.7 Å². The van der Waals surface area contributed by atoms with E-state index in [1.54, 1.807) is 0 Å². The summed E-state index contributed by atoms with van der Waals surface area (Å²) in [5.41, 5.74) is 7.21. The van der Waals surface area contributed by atoms with Crippen LogP contribution in [0.4, 0.5) is 0 Å². The van der Waals surface area contributed by atoms with Crippen LogP contribution in [0.1, 0.15) is 31.2 Å². The molecule has 3 nitrogen and oxygen atoms in total. The second kappa shape index (κ2) is 7.14. The van der Waals surface area contributed by atoms with Gasteiger partial charge in [0.1, 0.15) is 0 Å². The lowest BCUT2D eigenvalue weighted by Crippen LogP contribution is -2.49. The predicted molar refractivity (Wildman–Crippen MR) is 85.8 cm³/mol. The first kappa shape index (κ1) is 15.4. The van der Waals surface area contributed by atoms with Crippen molar-refractivity contribution in [2.75, 3.05) is 12.8 Å². The van der Waals surface area contributed by atoms with E-state index in [1.165, 1.54) is 24.8 Å². The van der Waals surface area contributed by atoms with Gasteiger partial charge in [-0.2, -0.15) is 11.8 Å². The fraction of sp³-hybridized carbons (Fsp3) is 0.562. The highest BCUT2D eigenvalue weighted by Crippen LogP contribution is 2.42. The number of carbonyl (C=O) groups is 1. The number of nitrogens with two attached hydrogens (primary N) is 1. The molecule has 0 spiro atoms. The smallest absolute Gasteiger partial charge is 0.236 e. The molecule has 1 aromatic rings. The number of hydrogen-bond donors (Lipinski definition) is 2. The summed E-state index contributed by atoms with van der Waals surface area (Å²) >= 11 is 1.87. The van der Waals surface area contributed by atoms with Gasteiger partial charge in [0.2, 0.25) is 5.91 Å². The van der Waals surface area contributed by atoms with Crippen molar-refractivity contribution in [1.82, 2.24) is 5.32 Å². The minimum absolute atomic E-state index is 0.0127. The first-order valence-electron chi connectivity index (χ1n) is 7.28. The summed E-state index contributed by atoms with van der Waals surface area (Å²) in [6.07, 6.45) is 7.35. The van der Waals surface area contributed by atoms with E-state index in [0.29, 0.717) is 6.42 Å². The molecule has 1 aliphatic carbocycles. The maximum Gasteiger partial charge on any atom is 0.236 e. The molecular weight excluding hydrogens is 268 g/mol. The van der Waals surface area contributed by atoms with Crippen molar-refractivity contribution in [2.24, 2.45) is 5.73 Å². The summed E-state index contributed by atoms with van der Waals surface area (Å²) in [6, 6.07) is 9.76. The van der Waals surface area contributed by atoms with Crippen LogP contribution in [-0.2, 0) is 11.2 Å². The lowest BCUT2D eigenvalue weighted by atomic mass is 9.84. The molecule has 1 amide bonds. The van der Waals surface area contributed by atoms with E-state index in [1.807, 2.05) is 30.0 Å². The van der Waals surface area contributed by atoms with Crippen LogP contribution in [0.5, 0.6) is 0 Å². The van der Waals surface area contributed by atoms with Gasteiger partial charge in [0.25, 0.3) is 0 Å². The van der Waals surface area contributed by atoms with Crippen molar-refractivity contribution in [3.05, 3.63) is 35.9 Å². The van der Waals surface area contributed by atoms with E-state index >= 15 is 0 Å². The molecule has 1 aromatic carbocycles.